The van der Waals surface area contributed by atoms with Crippen molar-refractivity contribution >= 4 is 17.7 Å². The molecule has 0 spiro atoms. The Hall–Kier alpha value is -0.220. The van der Waals surface area contributed by atoms with E-state index in [1.54, 1.807) is 0 Å². The molecule has 1 N–H and O–H groups in total. The Morgan fingerprint density at radius 2 is 2.05 bits per heavy atom. The van der Waals surface area contributed by atoms with Crippen LogP contribution in [0.15, 0.2) is 0 Å². The van der Waals surface area contributed by atoms with Crippen molar-refractivity contribution in [2.75, 3.05) is 18.6 Å². The highest BCUT2D eigenvalue weighted by molar-refractivity contribution is 7.98. The highest BCUT2D eigenvalue weighted by Crippen LogP contribution is 2.23. The third-order valence-corrected chi connectivity index (χ3v) is 4.93. The highest BCUT2D eigenvalue weighted by Gasteiger charge is 2.40. The molecular weight excluding hydrogens is 256 g/mol. The van der Waals surface area contributed by atoms with Gasteiger partial charge in [-0.15, -0.1) is 0 Å². The van der Waals surface area contributed by atoms with Crippen molar-refractivity contribution in [1.29, 1.82) is 0 Å². The molecule has 1 saturated heterocycles. The maximum Gasteiger partial charge on any atom is 0.241 e. The Morgan fingerprint density at radius 1 is 1.37 bits per heavy atom. The molecule has 1 aliphatic rings. The van der Waals surface area contributed by atoms with Crippen molar-refractivity contribution < 1.29 is 4.79 Å². The number of carbonyl (C=O) groups is 1. The van der Waals surface area contributed by atoms with Crippen molar-refractivity contribution in [2.45, 2.75) is 59.2 Å². The molecule has 4 heteroatoms. The molecule has 0 aromatic rings. The van der Waals surface area contributed by atoms with Gasteiger partial charge in [-0.3, -0.25) is 10.1 Å². The van der Waals surface area contributed by atoms with Crippen LogP contribution in [0.25, 0.3) is 0 Å². The van der Waals surface area contributed by atoms with E-state index in [1.165, 1.54) is 0 Å². The summed E-state index contributed by atoms with van der Waals surface area (Å²) in [6.07, 6.45) is 5.61. The molecular formula is C15H30N2OS. The van der Waals surface area contributed by atoms with E-state index in [2.05, 4.69) is 44.2 Å². The Labute approximate surface area is 122 Å². The average molecular weight is 286 g/mol. The second-order valence-electron chi connectivity index (χ2n) is 5.89. The largest absolute Gasteiger partial charge is 0.325 e. The topological polar surface area (TPSA) is 32.3 Å². The summed E-state index contributed by atoms with van der Waals surface area (Å²) in [5, 5.41) is 3.56. The molecule has 3 nitrogen and oxygen atoms in total. The van der Waals surface area contributed by atoms with E-state index in [0.717, 1.165) is 31.6 Å². The molecule has 0 aliphatic carbocycles. The fraction of sp³-hybridized carbons (Fsp3) is 0.933. The minimum absolute atomic E-state index is 0.0306. The number of carbonyl (C=O) groups excluding carboxylic acids is 1. The average Bonchev–Trinajstić information content (AvgIpc) is 2.67. The Balaban J connectivity index is 2.71. The minimum atomic E-state index is 0.0306. The molecule has 0 aromatic heterocycles. The summed E-state index contributed by atoms with van der Waals surface area (Å²) in [4.78, 5) is 14.7. The fourth-order valence-electron chi connectivity index (χ4n) is 2.75. The zero-order valence-corrected chi connectivity index (χ0v) is 13.9. The van der Waals surface area contributed by atoms with E-state index >= 15 is 0 Å². The second kappa shape index (κ2) is 8.15. The number of hydrogen-bond donors (Lipinski definition) is 1. The second-order valence-corrected chi connectivity index (χ2v) is 6.80. The van der Waals surface area contributed by atoms with E-state index < -0.39 is 0 Å². The molecule has 0 saturated carbocycles. The van der Waals surface area contributed by atoms with Gasteiger partial charge in [0.2, 0.25) is 5.91 Å². The summed E-state index contributed by atoms with van der Waals surface area (Å²) in [7, 11) is 0. The first-order chi connectivity index (χ1) is 9.04. The van der Waals surface area contributed by atoms with Crippen LogP contribution in [0.5, 0.6) is 0 Å². The van der Waals surface area contributed by atoms with Crippen molar-refractivity contribution in [1.82, 2.24) is 10.2 Å². The molecule has 19 heavy (non-hydrogen) atoms. The molecule has 0 bridgehead atoms. The summed E-state index contributed by atoms with van der Waals surface area (Å²) in [5.41, 5.74) is 0. The van der Waals surface area contributed by atoms with E-state index in [4.69, 9.17) is 0 Å². The van der Waals surface area contributed by atoms with Gasteiger partial charge in [0.05, 0.1) is 12.2 Å². The SMILES string of the molecule is CCCC1NC(C(C)CC)C(=O)N1CC(C)CSC. The molecule has 4 atom stereocenters. The van der Waals surface area contributed by atoms with E-state index in [9.17, 15) is 4.79 Å². The van der Waals surface area contributed by atoms with Gasteiger partial charge in [0.15, 0.2) is 0 Å². The zero-order valence-electron chi connectivity index (χ0n) is 13.1. The third-order valence-electron chi connectivity index (χ3n) is 4.03. The van der Waals surface area contributed by atoms with Crippen LogP contribution in [-0.4, -0.2) is 41.6 Å². The van der Waals surface area contributed by atoms with Gasteiger partial charge < -0.3 is 4.90 Å². The molecule has 1 heterocycles. The number of hydrogen-bond acceptors (Lipinski definition) is 3. The monoisotopic (exact) mass is 286 g/mol. The maximum atomic E-state index is 12.6. The van der Waals surface area contributed by atoms with Gasteiger partial charge in [-0.1, -0.05) is 40.5 Å². The van der Waals surface area contributed by atoms with E-state index in [0.29, 0.717) is 17.7 Å². The van der Waals surface area contributed by atoms with Crippen LogP contribution < -0.4 is 5.32 Å². The quantitative estimate of drug-likeness (QED) is 0.744. The minimum Gasteiger partial charge on any atom is -0.325 e. The molecule has 4 unspecified atom stereocenters. The standard InChI is InChI=1S/C15H30N2OS/c1-6-8-13-16-14(12(4)7-2)15(18)17(13)9-11(3)10-19-5/h11-14,16H,6-10H2,1-5H3. The fourth-order valence-corrected chi connectivity index (χ4v) is 3.42. The predicted octanol–water partition coefficient (Wildman–Crippen LogP) is 2.96. The smallest absolute Gasteiger partial charge is 0.241 e. The molecule has 1 rings (SSSR count). The first kappa shape index (κ1) is 16.8. The maximum absolute atomic E-state index is 12.6. The van der Waals surface area contributed by atoms with Gasteiger partial charge >= 0.3 is 0 Å². The van der Waals surface area contributed by atoms with Gasteiger partial charge in [0.25, 0.3) is 0 Å². The van der Waals surface area contributed by atoms with Crippen LogP contribution in [0.2, 0.25) is 0 Å². The van der Waals surface area contributed by atoms with E-state index in [-0.39, 0.29) is 12.2 Å². The number of rotatable bonds is 8. The van der Waals surface area contributed by atoms with Gasteiger partial charge in [0, 0.05) is 6.54 Å². The van der Waals surface area contributed by atoms with Crippen LogP contribution in [-0.2, 0) is 4.79 Å². The molecule has 1 aliphatic heterocycles. The first-order valence-electron chi connectivity index (χ1n) is 7.60. The van der Waals surface area contributed by atoms with Crippen LogP contribution in [0.4, 0.5) is 0 Å². The molecule has 1 amide bonds. The summed E-state index contributed by atoms with van der Waals surface area (Å²) >= 11 is 1.86. The summed E-state index contributed by atoms with van der Waals surface area (Å²) in [6.45, 7) is 9.65. The number of nitrogens with one attached hydrogen (secondary N) is 1. The summed E-state index contributed by atoms with van der Waals surface area (Å²) < 4.78 is 0. The van der Waals surface area contributed by atoms with Gasteiger partial charge in [-0.2, -0.15) is 11.8 Å². The number of thioether (sulfide) groups is 1. The van der Waals surface area contributed by atoms with Crippen molar-refractivity contribution in [3.05, 3.63) is 0 Å². The Bertz CT molecular complexity index is 285. The van der Waals surface area contributed by atoms with Crippen molar-refractivity contribution in [3.63, 3.8) is 0 Å². The van der Waals surface area contributed by atoms with Gasteiger partial charge in [0.1, 0.15) is 0 Å². The lowest BCUT2D eigenvalue weighted by Gasteiger charge is -2.26. The molecule has 0 aromatic carbocycles. The molecule has 112 valence electrons. The van der Waals surface area contributed by atoms with Crippen LogP contribution in [0.3, 0.4) is 0 Å². The zero-order chi connectivity index (χ0) is 14.4. The number of amides is 1. The third kappa shape index (κ3) is 4.38. The van der Waals surface area contributed by atoms with Crippen LogP contribution in [0, 0.1) is 11.8 Å². The lowest BCUT2D eigenvalue weighted by molar-refractivity contribution is -0.131. The normalized spacial score (nSPS) is 26.8. The van der Waals surface area contributed by atoms with E-state index in [1.807, 2.05) is 11.8 Å². The lowest BCUT2D eigenvalue weighted by Crippen LogP contribution is -2.40. The summed E-state index contributed by atoms with van der Waals surface area (Å²) in [6, 6.07) is 0.0306. The van der Waals surface area contributed by atoms with Crippen molar-refractivity contribution in [3.8, 4) is 0 Å². The Morgan fingerprint density at radius 3 is 2.58 bits per heavy atom. The Kier molecular flexibility index (Phi) is 7.22. The van der Waals surface area contributed by atoms with Crippen LogP contribution >= 0.6 is 11.8 Å². The van der Waals surface area contributed by atoms with Crippen molar-refractivity contribution in [2.24, 2.45) is 11.8 Å². The van der Waals surface area contributed by atoms with Crippen LogP contribution in [0.1, 0.15) is 47.0 Å². The predicted molar refractivity (Wildman–Crippen MR) is 84.3 cm³/mol. The highest BCUT2D eigenvalue weighted by atomic mass is 32.2. The van der Waals surface area contributed by atoms with Gasteiger partial charge in [-0.05, 0) is 30.3 Å². The lowest BCUT2D eigenvalue weighted by atomic mass is 9.99. The number of nitrogens with zero attached hydrogens (tertiary/aromatic N) is 1. The van der Waals surface area contributed by atoms with Gasteiger partial charge in [-0.25, -0.2) is 0 Å². The molecule has 1 fully saturated rings. The molecule has 0 radical (unpaired) electrons. The first-order valence-corrected chi connectivity index (χ1v) is 8.99. The summed E-state index contributed by atoms with van der Waals surface area (Å²) in [5.74, 6) is 2.43.